The van der Waals surface area contributed by atoms with Crippen molar-refractivity contribution in [1.29, 1.82) is 0 Å². The van der Waals surface area contributed by atoms with Crippen molar-refractivity contribution in [1.82, 2.24) is 5.32 Å². The van der Waals surface area contributed by atoms with E-state index in [9.17, 15) is 4.21 Å². The van der Waals surface area contributed by atoms with Gasteiger partial charge in [0.2, 0.25) is 0 Å². The Balaban J connectivity index is 2.47. The lowest BCUT2D eigenvalue weighted by molar-refractivity contribution is 0.583. The third-order valence-electron chi connectivity index (χ3n) is 2.63. The summed E-state index contributed by atoms with van der Waals surface area (Å²) in [7, 11) is -0.858. The van der Waals surface area contributed by atoms with Gasteiger partial charge < -0.3 is 5.32 Å². The summed E-state index contributed by atoms with van der Waals surface area (Å²) in [5, 5.41) is 3.34. The largest absolute Gasteiger partial charge is 0.315 e. The molecule has 0 aliphatic heterocycles. The zero-order valence-corrected chi connectivity index (χ0v) is 12.1. The van der Waals surface area contributed by atoms with Gasteiger partial charge in [-0.15, -0.1) is 0 Å². The summed E-state index contributed by atoms with van der Waals surface area (Å²) >= 11 is 0. The average molecular weight is 253 g/mol. The normalized spacial score (nSPS) is 13.0. The van der Waals surface area contributed by atoms with E-state index in [1.165, 1.54) is 5.56 Å². The van der Waals surface area contributed by atoms with Crippen molar-refractivity contribution < 1.29 is 4.21 Å². The van der Waals surface area contributed by atoms with Crippen molar-refractivity contribution in [2.24, 2.45) is 0 Å². The van der Waals surface area contributed by atoms with Gasteiger partial charge in [-0.1, -0.05) is 31.5 Å². The first-order valence-corrected chi connectivity index (χ1v) is 7.51. The van der Waals surface area contributed by atoms with Gasteiger partial charge in [-0.25, -0.2) is 0 Å². The molecule has 0 aliphatic rings. The highest BCUT2D eigenvalue weighted by molar-refractivity contribution is 7.85. The highest BCUT2D eigenvalue weighted by Crippen LogP contribution is 2.15. The molecule has 1 aromatic rings. The molecule has 0 spiro atoms. The summed E-state index contributed by atoms with van der Waals surface area (Å²) in [6, 6.07) is 6.63. The molecule has 0 bridgehead atoms. The average Bonchev–Trinajstić information content (AvgIpc) is 2.23. The molecule has 96 valence electrons. The van der Waals surface area contributed by atoms with Crippen molar-refractivity contribution in [3.63, 3.8) is 0 Å². The van der Waals surface area contributed by atoms with E-state index in [0.717, 1.165) is 29.2 Å². The lowest BCUT2D eigenvalue weighted by Gasteiger charge is -2.09. The van der Waals surface area contributed by atoms with E-state index < -0.39 is 10.8 Å². The maximum absolute atomic E-state index is 12.1. The summed E-state index contributed by atoms with van der Waals surface area (Å²) in [4.78, 5) is 0.986. The second kappa shape index (κ2) is 6.92. The molecule has 0 fully saturated rings. The van der Waals surface area contributed by atoms with Crippen LogP contribution in [0.2, 0.25) is 0 Å². The van der Waals surface area contributed by atoms with Crippen LogP contribution in [-0.2, 0) is 10.8 Å². The highest BCUT2D eigenvalue weighted by atomic mass is 32.2. The maximum Gasteiger partial charge on any atom is 0.0532 e. The van der Waals surface area contributed by atoms with Crippen molar-refractivity contribution in [3.05, 3.63) is 29.3 Å². The Morgan fingerprint density at radius 1 is 1.29 bits per heavy atom. The topological polar surface area (TPSA) is 29.1 Å². The van der Waals surface area contributed by atoms with Gasteiger partial charge >= 0.3 is 0 Å². The molecule has 0 aromatic heterocycles. The van der Waals surface area contributed by atoms with Crippen LogP contribution in [0, 0.1) is 13.8 Å². The molecular formula is C14H23NOS. The van der Waals surface area contributed by atoms with E-state index in [4.69, 9.17) is 0 Å². The fourth-order valence-electron chi connectivity index (χ4n) is 1.76. The molecule has 1 atom stereocenters. The lowest BCUT2D eigenvalue weighted by atomic mass is 10.2. The highest BCUT2D eigenvalue weighted by Gasteiger charge is 2.06. The van der Waals surface area contributed by atoms with Gasteiger partial charge in [0.25, 0.3) is 0 Å². The van der Waals surface area contributed by atoms with E-state index >= 15 is 0 Å². The quantitative estimate of drug-likeness (QED) is 0.790. The molecule has 1 aromatic carbocycles. The third-order valence-corrected chi connectivity index (χ3v) is 4.24. The summed E-state index contributed by atoms with van der Waals surface area (Å²) in [5.74, 6) is 0.740. The number of benzene rings is 1. The van der Waals surface area contributed by atoms with Gasteiger partial charge in [0.05, 0.1) is 10.8 Å². The van der Waals surface area contributed by atoms with Gasteiger partial charge in [0, 0.05) is 16.7 Å². The molecule has 0 aliphatic carbocycles. The summed E-state index contributed by atoms with van der Waals surface area (Å²) in [6.45, 7) is 9.29. The summed E-state index contributed by atoms with van der Waals surface area (Å²) in [6.07, 6.45) is 0.956. The maximum atomic E-state index is 12.1. The molecule has 0 radical (unpaired) electrons. The smallest absolute Gasteiger partial charge is 0.0532 e. The Labute approximate surface area is 107 Å². The monoisotopic (exact) mass is 253 g/mol. The summed E-state index contributed by atoms with van der Waals surface area (Å²) in [5.41, 5.74) is 2.37. The van der Waals surface area contributed by atoms with E-state index in [1.807, 2.05) is 19.1 Å². The van der Waals surface area contributed by atoms with Crippen LogP contribution in [-0.4, -0.2) is 22.5 Å². The molecule has 17 heavy (non-hydrogen) atoms. The van der Waals surface area contributed by atoms with Gasteiger partial charge in [0.1, 0.15) is 0 Å². The third kappa shape index (κ3) is 5.00. The first-order chi connectivity index (χ1) is 8.00. The number of hydrogen-bond acceptors (Lipinski definition) is 2. The van der Waals surface area contributed by atoms with E-state index in [-0.39, 0.29) is 0 Å². The fraction of sp³-hybridized carbons (Fsp3) is 0.571. The summed E-state index contributed by atoms with van der Waals surface area (Å²) < 4.78 is 12.1. The Bertz CT molecular complexity index is 388. The van der Waals surface area contributed by atoms with Gasteiger partial charge in [-0.2, -0.15) is 0 Å². The predicted octanol–water partition coefficient (Wildman–Crippen LogP) is 2.80. The molecule has 0 saturated heterocycles. The molecule has 3 heteroatoms. The van der Waals surface area contributed by atoms with Crippen molar-refractivity contribution in [3.8, 4) is 0 Å². The van der Waals surface area contributed by atoms with Crippen LogP contribution in [0.25, 0.3) is 0 Å². The number of nitrogens with one attached hydrogen (secondary N) is 1. The van der Waals surface area contributed by atoms with Crippen molar-refractivity contribution in [2.45, 2.75) is 45.1 Å². The second-order valence-corrected chi connectivity index (χ2v) is 6.32. The number of hydrogen-bond donors (Lipinski definition) is 1. The fourth-order valence-corrected chi connectivity index (χ4v) is 3.02. The molecule has 0 saturated carbocycles. The Morgan fingerprint density at radius 2 is 2.00 bits per heavy atom. The van der Waals surface area contributed by atoms with Gasteiger partial charge in [-0.3, -0.25) is 4.21 Å². The van der Waals surface area contributed by atoms with Crippen LogP contribution in [0.3, 0.4) is 0 Å². The zero-order valence-electron chi connectivity index (χ0n) is 11.2. The molecule has 0 heterocycles. The van der Waals surface area contributed by atoms with E-state index in [0.29, 0.717) is 6.04 Å². The van der Waals surface area contributed by atoms with Crippen LogP contribution in [0.1, 0.15) is 31.4 Å². The Kier molecular flexibility index (Phi) is 5.86. The number of rotatable bonds is 6. The minimum Gasteiger partial charge on any atom is -0.315 e. The number of aryl methyl sites for hydroxylation is 2. The molecule has 1 N–H and O–H groups in total. The van der Waals surface area contributed by atoms with Crippen molar-refractivity contribution >= 4 is 10.8 Å². The SMILES string of the molecule is Cc1ccc(S(=O)CCCNC(C)C)c(C)c1. The van der Waals surface area contributed by atoms with Crippen LogP contribution < -0.4 is 5.32 Å². The Hall–Kier alpha value is -0.670. The zero-order chi connectivity index (χ0) is 12.8. The molecule has 0 amide bonds. The van der Waals surface area contributed by atoms with Crippen LogP contribution in [0.4, 0.5) is 0 Å². The first-order valence-electron chi connectivity index (χ1n) is 6.19. The van der Waals surface area contributed by atoms with Crippen LogP contribution in [0.15, 0.2) is 23.1 Å². The predicted molar refractivity (Wildman–Crippen MR) is 74.9 cm³/mol. The van der Waals surface area contributed by atoms with E-state index in [1.54, 1.807) is 0 Å². The first kappa shape index (κ1) is 14.4. The molecule has 1 unspecified atom stereocenters. The van der Waals surface area contributed by atoms with Gasteiger partial charge in [-0.05, 0) is 38.4 Å². The molecule has 2 nitrogen and oxygen atoms in total. The Morgan fingerprint density at radius 3 is 2.59 bits per heavy atom. The molecule has 1 rings (SSSR count). The molecular weight excluding hydrogens is 230 g/mol. The minimum atomic E-state index is -0.858. The van der Waals surface area contributed by atoms with Crippen LogP contribution in [0.5, 0.6) is 0 Å². The standard InChI is InChI=1S/C14H23NOS/c1-11(2)15-8-5-9-17(16)14-7-6-12(3)10-13(14)4/h6-7,10-11,15H,5,8-9H2,1-4H3. The van der Waals surface area contributed by atoms with E-state index in [2.05, 4.69) is 32.2 Å². The van der Waals surface area contributed by atoms with Crippen LogP contribution >= 0.6 is 0 Å². The minimum absolute atomic E-state index is 0.504. The lowest BCUT2D eigenvalue weighted by Crippen LogP contribution is -2.24. The van der Waals surface area contributed by atoms with Gasteiger partial charge in [0.15, 0.2) is 0 Å². The second-order valence-electron chi connectivity index (χ2n) is 4.78. The van der Waals surface area contributed by atoms with Crippen molar-refractivity contribution in [2.75, 3.05) is 12.3 Å².